The number of aliphatic carboxylic acids is 1. The Morgan fingerprint density at radius 2 is 2.14 bits per heavy atom. The van der Waals surface area contributed by atoms with Crippen molar-refractivity contribution >= 4 is 27.6 Å². The third kappa shape index (κ3) is 4.18. The van der Waals surface area contributed by atoms with Gasteiger partial charge in [0.2, 0.25) is 10.0 Å². The van der Waals surface area contributed by atoms with E-state index in [1.165, 1.54) is 10.4 Å². The first kappa shape index (κ1) is 17.2. The maximum Gasteiger partial charge on any atom is 0.304 e. The van der Waals surface area contributed by atoms with Gasteiger partial charge in [0.25, 0.3) is 0 Å². The second kappa shape index (κ2) is 6.93. The maximum absolute atomic E-state index is 13.3. The van der Waals surface area contributed by atoms with E-state index in [9.17, 15) is 17.6 Å². The first-order chi connectivity index (χ1) is 10.3. The van der Waals surface area contributed by atoms with Crippen LogP contribution in [0.5, 0.6) is 0 Å². The van der Waals surface area contributed by atoms with Crippen LogP contribution < -0.4 is 0 Å². The number of halogens is 2. The minimum absolute atomic E-state index is 0.178. The van der Waals surface area contributed by atoms with E-state index in [4.69, 9.17) is 16.7 Å². The molecule has 0 spiro atoms. The molecule has 1 saturated heterocycles. The summed E-state index contributed by atoms with van der Waals surface area (Å²) in [5.74, 6) is -2.02. The number of rotatable bonds is 5. The van der Waals surface area contributed by atoms with Crippen molar-refractivity contribution in [2.45, 2.75) is 37.5 Å². The van der Waals surface area contributed by atoms with E-state index in [1.54, 1.807) is 0 Å². The van der Waals surface area contributed by atoms with Crippen molar-refractivity contribution in [3.05, 3.63) is 34.6 Å². The second-order valence-corrected chi connectivity index (χ2v) is 7.68. The summed E-state index contributed by atoms with van der Waals surface area (Å²) in [6.45, 7) is 0.285. The lowest BCUT2D eigenvalue weighted by molar-refractivity contribution is -0.138. The van der Waals surface area contributed by atoms with Gasteiger partial charge in [-0.25, -0.2) is 12.8 Å². The van der Waals surface area contributed by atoms with E-state index in [-0.39, 0.29) is 23.6 Å². The van der Waals surface area contributed by atoms with Crippen LogP contribution in [0.2, 0.25) is 5.02 Å². The summed E-state index contributed by atoms with van der Waals surface area (Å²) in [7, 11) is -3.75. The standard InChI is InChI=1S/C14H17ClFNO4S/c15-13-5-4-11(16)7-10(13)9-22(20,21)17-6-2-1-3-12(17)8-14(18)19/h4-5,7,12H,1-3,6,8-9H2,(H,18,19). The molecule has 1 aromatic carbocycles. The van der Waals surface area contributed by atoms with E-state index in [0.717, 1.165) is 18.6 Å². The summed E-state index contributed by atoms with van der Waals surface area (Å²) in [4.78, 5) is 10.9. The molecular weight excluding hydrogens is 333 g/mol. The molecule has 2 rings (SSSR count). The van der Waals surface area contributed by atoms with Crippen LogP contribution in [-0.4, -0.2) is 36.4 Å². The van der Waals surface area contributed by atoms with Crippen molar-refractivity contribution in [1.29, 1.82) is 0 Å². The van der Waals surface area contributed by atoms with Gasteiger partial charge in [-0.15, -0.1) is 0 Å². The lowest BCUT2D eigenvalue weighted by Gasteiger charge is -2.34. The fourth-order valence-corrected chi connectivity index (χ4v) is 4.78. The number of piperidine rings is 1. The largest absolute Gasteiger partial charge is 0.481 e. The Bertz CT molecular complexity index is 665. The number of hydrogen-bond donors (Lipinski definition) is 1. The first-order valence-corrected chi connectivity index (χ1v) is 8.93. The predicted octanol–water partition coefficient (Wildman–Crippen LogP) is 2.64. The topological polar surface area (TPSA) is 74.7 Å². The van der Waals surface area contributed by atoms with E-state index >= 15 is 0 Å². The minimum Gasteiger partial charge on any atom is -0.481 e. The molecular formula is C14H17ClFNO4S. The molecule has 0 radical (unpaired) electrons. The van der Waals surface area contributed by atoms with Crippen LogP contribution in [-0.2, 0) is 20.6 Å². The summed E-state index contributed by atoms with van der Waals surface area (Å²) in [5, 5.41) is 9.10. The van der Waals surface area contributed by atoms with Crippen LogP contribution in [0.3, 0.4) is 0 Å². The van der Waals surface area contributed by atoms with Gasteiger partial charge in [0.1, 0.15) is 5.82 Å². The Hall–Kier alpha value is -1.18. The molecule has 1 aliphatic rings. The molecule has 1 aliphatic heterocycles. The van der Waals surface area contributed by atoms with Crippen molar-refractivity contribution in [1.82, 2.24) is 4.31 Å². The van der Waals surface area contributed by atoms with Gasteiger partial charge in [-0.2, -0.15) is 4.31 Å². The zero-order valence-corrected chi connectivity index (χ0v) is 13.4. The molecule has 22 heavy (non-hydrogen) atoms. The van der Waals surface area contributed by atoms with Crippen LogP contribution in [0, 0.1) is 5.82 Å². The van der Waals surface area contributed by atoms with Crippen molar-refractivity contribution in [2.75, 3.05) is 6.54 Å². The van der Waals surface area contributed by atoms with E-state index in [0.29, 0.717) is 12.8 Å². The highest BCUT2D eigenvalue weighted by atomic mass is 35.5. The molecule has 0 saturated carbocycles. The average molecular weight is 350 g/mol. The zero-order chi connectivity index (χ0) is 16.3. The minimum atomic E-state index is -3.75. The Balaban J connectivity index is 2.23. The lowest BCUT2D eigenvalue weighted by atomic mass is 10.0. The van der Waals surface area contributed by atoms with Gasteiger partial charge >= 0.3 is 5.97 Å². The number of sulfonamides is 1. The number of carboxylic acid groups (broad SMARTS) is 1. The molecule has 1 atom stereocenters. The normalized spacial score (nSPS) is 20.0. The molecule has 1 unspecified atom stereocenters. The number of nitrogens with zero attached hydrogens (tertiary/aromatic N) is 1. The number of benzene rings is 1. The highest BCUT2D eigenvalue weighted by Gasteiger charge is 2.33. The van der Waals surface area contributed by atoms with Crippen LogP contribution in [0.4, 0.5) is 4.39 Å². The summed E-state index contributed by atoms with van der Waals surface area (Å²) in [5.41, 5.74) is 0.182. The second-order valence-electron chi connectivity index (χ2n) is 5.35. The molecule has 1 heterocycles. The van der Waals surface area contributed by atoms with Crippen LogP contribution in [0.1, 0.15) is 31.2 Å². The monoisotopic (exact) mass is 349 g/mol. The third-order valence-electron chi connectivity index (χ3n) is 3.69. The summed E-state index contributed by atoms with van der Waals surface area (Å²) < 4.78 is 39.6. The molecule has 0 bridgehead atoms. The Kier molecular flexibility index (Phi) is 5.41. The number of hydrogen-bond acceptors (Lipinski definition) is 3. The zero-order valence-electron chi connectivity index (χ0n) is 11.8. The average Bonchev–Trinajstić information content (AvgIpc) is 2.42. The highest BCUT2D eigenvalue weighted by Crippen LogP contribution is 2.27. The van der Waals surface area contributed by atoms with Gasteiger partial charge in [-0.3, -0.25) is 4.79 Å². The molecule has 0 amide bonds. The van der Waals surface area contributed by atoms with Crippen LogP contribution in [0.15, 0.2) is 18.2 Å². The third-order valence-corrected chi connectivity index (χ3v) is 5.93. The van der Waals surface area contributed by atoms with Gasteiger partial charge in [-0.1, -0.05) is 18.0 Å². The highest BCUT2D eigenvalue weighted by molar-refractivity contribution is 7.88. The number of carboxylic acids is 1. The van der Waals surface area contributed by atoms with E-state index < -0.39 is 33.6 Å². The first-order valence-electron chi connectivity index (χ1n) is 6.95. The molecule has 1 fully saturated rings. The molecule has 5 nitrogen and oxygen atoms in total. The molecule has 8 heteroatoms. The van der Waals surface area contributed by atoms with Crippen molar-refractivity contribution in [3.63, 3.8) is 0 Å². The maximum atomic E-state index is 13.3. The van der Waals surface area contributed by atoms with Gasteiger partial charge in [0.05, 0.1) is 12.2 Å². The SMILES string of the molecule is O=C(O)CC1CCCCN1S(=O)(=O)Cc1cc(F)ccc1Cl. The van der Waals surface area contributed by atoms with Gasteiger partial charge in [0.15, 0.2) is 0 Å². The quantitative estimate of drug-likeness (QED) is 0.886. The Morgan fingerprint density at radius 3 is 2.82 bits per heavy atom. The van der Waals surface area contributed by atoms with Crippen LogP contribution in [0.25, 0.3) is 0 Å². The van der Waals surface area contributed by atoms with E-state index in [1.807, 2.05) is 0 Å². The van der Waals surface area contributed by atoms with Gasteiger partial charge in [0, 0.05) is 17.6 Å². The summed E-state index contributed by atoms with van der Waals surface area (Å²) in [6, 6.07) is 3.01. The lowest BCUT2D eigenvalue weighted by Crippen LogP contribution is -2.45. The molecule has 0 aliphatic carbocycles. The van der Waals surface area contributed by atoms with Crippen molar-refractivity contribution in [3.8, 4) is 0 Å². The Morgan fingerprint density at radius 1 is 1.41 bits per heavy atom. The Labute approximate surface area is 133 Å². The smallest absolute Gasteiger partial charge is 0.304 e. The summed E-state index contributed by atoms with van der Waals surface area (Å²) >= 11 is 5.92. The van der Waals surface area contributed by atoms with Gasteiger partial charge in [-0.05, 0) is 36.6 Å². The van der Waals surface area contributed by atoms with E-state index in [2.05, 4.69) is 0 Å². The molecule has 0 aromatic heterocycles. The fraction of sp³-hybridized carbons (Fsp3) is 0.500. The summed E-state index contributed by atoms with van der Waals surface area (Å²) in [6.07, 6.45) is 1.77. The fourth-order valence-electron chi connectivity index (χ4n) is 2.68. The molecule has 1 aromatic rings. The molecule has 1 N–H and O–H groups in total. The van der Waals surface area contributed by atoms with Crippen LogP contribution >= 0.6 is 11.6 Å². The van der Waals surface area contributed by atoms with Gasteiger partial charge < -0.3 is 5.11 Å². The number of carbonyl (C=O) groups is 1. The van der Waals surface area contributed by atoms with Crippen molar-refractivity contribution < 1.29 is 22.7 Å². The molecule has 122 valence electrons. The van der Waals surface area contributed by atoms with Crippen molar-refractivity contribution in [2.24, 2.45) is 0 Å². The predicted molar refractivity (Wildman–Crippen MR) is 80.6 cm³/mol.